The van der Waals surface area contributed by atoms with E-state index in [1.54, 1.807) is 6.07 Å². The molecule has 0 heterocycles. The van der Waals surface area contributed by atoms with E-state index in [-0.39, 0.29) is 0 Å². The van der Waals surface area contributed by atoms with Crippen molar-refractivity contribution < 1.29 is 8.42 Å². The number of hydrogen-bond acceptors (Lipinski definition) is 3. The molecule has 0 aromatic carbocycles. The number of sulfone groups is 1. The van der Waals surface area contributed by atoms with Crippen molar-refractivity contribution in [2.45, 2.75) is 18.6 Å². The molecule has 0 atom stereocenters. The van der Waals surface area contributed by atoms with Gasteiger partial charge in [0.2, 0.25) is 0 Å². The third-order valence-electron chi connectivity index (χ3n) is 1.55. The topological polar surface area (TPSA) is 57.9 Å². The molecule has 3 nitrogen and oxygen atoms in total. The van der Waals surface area contributed by atoms with Crippen molar-refractivity contribution in [3.8, 4) is 6.07 Å². The van der Waals surface area contributed by atoms with Gasteiger partial charge in [-0.25, -0.2) is 8.42 Å². The van der Waals surface area contributed by atoms with E-state index < -0.39 is 20.3 Å². The Kier molecular flexibility index (Phi) is 2.83. The third-order valence-corrected chi connectivity index (χ3v) is 3.83. The number of nitriles is 1. The summed E-state index contributed by atoms with van der Waals surface area (Å²) in [5.41, 5.74) is 0. The minimum Gasteiger partial charge on any atom is -0.227 e. The highest BCUT2D eigenvalue weighted by molar-refractivity contribution is 7.93. The minimum absolute atomic E-state index is 0.452. The maximum Gasteiger partial charge on any atom is 0.172 e. The summed E-state index contributed by atoms with van der Waals surface area (Å²) in [6.45, 7) is 6.43. The molecule has 0 fully saturated rings. The second kappa shape index (κ2) is 3.05. The predicted octanol–water partition coefficient (Wildman–Crippen LogP) is 0.889. The van der Waals surface area contributed by atoms with Crippen molar-refractivity contribution >= 4 is 9.84 Å². The first-order chi connectivity index (χ1) is 4.87. The summed E-state index contributed by atoms with van der Waals surface area (Å²) < 4.78 is 21.4. The Morgan fingerprint density at radius 3 is 2.36 bits per heavy atom. The third kappa shape index (κ3) is 2.05. The molecular weight excluding hydrogens is 162 g/mol. The monoisotopic (exact) mass is 173 g/mol. The molecule has 0 aromatic rings. The summed E-state index contributed by atoms with van der Waals surface area (Å²) in [7, 11) is -3.34. The van der Waals surface area contributed by atoms with E-state index in [0.717, 1.165) is 0 Å². The Balaban J connectivity index is 4.88. The second-order valence-electron chi connectivity index (χ2n) is 2.72. The van der Waals surface area contributed by atoms with E-state index in [9.17, 15) is 8.42 Å². The van der Waals surface area contributed by atoms with Crippen molar-refractivity contribution in [3.63, 3.8) is 0 Å². The molecule has 0 radical (unpaired) electrons. The molecule has 0 aliphatic heterocycles. The molecule has 0 unspecified atom stereocenters. The van der Waals surface area contributed by atoms with Gasteiger partial charge in [-0.05, 0) is 13.8 Å². The lowest BCUT2D eigenvalue weighted by Gasteiger charge is -2.17. The molecule has 0 rings (SSSR count). The van der Waals surface area contributed by atoms with E-state index in [2.05, 4.69) is 6.58 Å². The lowest BCUT2D eigenvalue weighted by molar-refractivity contribution is 0.576. The molecule has 4 heteroatoms. The fraction of sp³-hybridized carbons (Fsp3) is 0.571. The molecule has 0 bridgehead atoms. The van der Waals surface area contributed by atoms with Crippen LogP contribution in [0.5, 0.6) is 0 Å². The van der Waals surface area contributed by atoms with Crippen LogP contribution in [0.2, 0.25) is 0 Å². The highest BCUT2D eigenvalue weighted by atomic mass is 32.2. The number of nitrogens with zero attached hydrogens (tertiary/aromatic N) is 1. The van der Waals surface area contributed by atoms with Crippen LogP contribution in [-0.4, -0.2) is 18.9 Å². The fourth-order valence-corrected chi connectivity index (χ4v) is 1.19. The average Bonchev–Trinajstić information content (AvgIpc) is 1.87. The first kappa shape index (κ1) is 10.2. The number of rotatable bonds is 3. The van der Waals surface area contributed by atoms with Crippen LogP contribution in [0.1, 0.15) is 13.8 Å². The van der Waals surface area contributed by atoms with Gasteiger partial charge in [-0.3, -0.25) is 0 Å². The summed E-state index contributed by atoms with van der Waals surface area (Å²) in [5, 5.41) is 8.20. The molecule has 0 amide bonds. The Morgan fingerprint density at radius 2 is 2.09 bits per heavy atom. The second-order valence-corrected chi connectivity index (χ2v) is 5.30. The van der Waals surface area contributed by atoms with Gasteiger partial charge in [0.05, 0.1) is 10.8 Å². The SMILES string of the molecule is C=CC(C)(C)S(=O)(=O)CC#N. The highest BCUT2D eigenvalue weighted by Gasteiger charge is 2.30. The molecule has 0 saturated carbocycles. The summed E-state index contributed by atoms with van der Waals surface area (Å²) >= 11 is 0. The summed E-state index contributed by atoms with van der Waals surface area (Å²) in [5.74, 6) is -0.452. The maximum atomic E-state index is 11.2. The van der Waals surface area contributed by atoms with Gasteiger partial charge in [0.15, 0.2) is 9.84 Å². The summed E-state index contributed by atoms with van der Waals surface area (Å²) in [4.78, 5) is 0. The van der Waals surface area contributed by atoms with Gasteiger partial charge in [-0.15, -0.1) is 6.58 Å². The Morgan fingerprint density at radius 1 is 1.64 bits per heavy atom. The first-order valence-corrected chi connectivity index (χ1v) is 4.75. The van der Waals surface area contributed by atoms with Gasteiger partial charge in [-0.2, -0.15) is 5.26 Å². The lowest BCUT2D eigenvalue weighted by atomic mass is 10.2. The van der Waals surface area contributed by atoms with Gasteiger partial charge in [0.25, 0.3) is 0 Å². The van der Waals surface area contributed by atoms with Crippen molar-refractivity contribution in [1.82, 2.24) is 0 Å². The van der Waals surface area contributed by atoms with Crippen LogP contribution in [0.3, 0.4) is 0 Å². The smallest absolute Gasteiger partial charge is 0.172 e. The van der Waals surface area contributed by atoms with Gasteiger partial charge in [0.1, 0.15) is 5.75 Å². The van der Waals surface area contributed by atoms with Gasteiger partial charge < -0.3 is 0 Å². The Bertz CT molecular complexity index is 282. The van der Waals surface area contributed by atoms with Crippen LogP contribution < -0.4 is 0 Å². The molecule has 0 aromatic heterocycles. The van der Waals surface area contributed by atoms with Gasteiger partial charge >= 0.3 is 0 Å². The van der Waals surface area contributed by atoms with Crippen LogP contribution in [0.25, 0.3) is 0 Å². The molecule has 0 aliphatic carbocycles. The molecular formula is C7H11NO2S. The van der Waals surface area contributed by atoms with E-state index in [1.165, 1.54) is 19.9 Å². The molecule has 0 N–H and O–H groups in total. The summed E-state index contributed by atoms with van der Waals surface area (Å²) in [6, 6.07) is 1.61. The normalized spacial score (nSPS) is 12.1. The quantitative estimate of drug-likeness (QED) is 0.595. The molecule has 0 aliphatic rings. The maximum absolute atomic E-state index is 11.2. The van der Waals surface area contributed by atoms with Crippen molar-refractivity contribution in [2.24, 2.45) is 0 Å². The molecule has 0 spiro atoms. The minimum atomic E-state index is -3.34. The molecule has 11 heavy (non-hydrogen) atoms. The van der Waals surface area contributed by atoms with Crippen molar-refractivity contribution in [2.75, 3.05) is 5.75 Å². The van der Waals surface area contributed by atoms with E-state index in [0.29, 0.717) is 0 Å². The Hall–Kier alpha value is -0.820. The molecule has 62 valence electrons. The predicted molar refractivity (Wildman–Crippen MR) is 43.7 cm³/mol. The van der Waals surface area contributed by atoms with E-state index >= 15 is 0 Å². The highest BCUT2D eigenvalue weighted by Crippen LogP contribution is 2.17. The zero-order valence-corrected chi connectivity index (χ0v) is 7.48. The van der Waals surface area contributed by atoms with Gasteiger partial charge in [-0.1, -0.05) is 6.08 Å². The fourth-order valence-electron chi connectivity index (χ4n) is 0.398. The van der Waals surface area contributed by atoms with Gasteiger partial charge in [0, 0.05) is 0 Å². The van der Waals surface area contributed by atoms with Crippen LogP contribution in [0.15, 0.2) is 12.7 Å². The lowest BCUT2D eigenvalue weighted by Crippen LogP contribution is -2.30. The van der Waals surface area contributed by atoms with Crippen molar-refractivity contribution in [3.05, 3.63) is 12.7 Å². The number of hydrogen-bond donors (Lipinski definition) is 0. The standard InChI is InChI=1S/C7H11NO2S/c1-4-7(2,3)11(9,10)6-5-8/h4H,1,6H2,2-3H3. The van der Waals surface area contributed by atoms with Crippen molar-refractivity contribution in [1.29, 1.82) is 5.26 Å². The zero-order valence-electron chi connectivity index (χ0n) is 6.66. The van der Waals surface area contributed by atoms with E-state index in [4.69, 9.17) is 5.26 Å². The molecule has 0 saturated heterocycles. The van der Waals surface area contributed by atoms with Crippen LogP contribution >= 0.6 is 0 Å². The largest absolute Gasteiger partial charge is 0.227 e. The van der Waals surface area contributed by atoms with Crippen LogP contribution in [0.4, 0.5) is 0 Å². The summed E-state index contributed by atoms with van der Waals surface area (Å²) in [6.07, 6.45) is 1.33. The van der Waals surface area contributed by atoms with Crippen LogP contribution in [0, 0.1) is 11.3 Å². The average molecular weight is 173 g/mol. The van der Waals surface area contributed by atoms with Crippen LogP contribution in [-0.2, 0) is 9.84 Å². The Labute approximate surface area is 67.3 Å². The van der Waals surface area contributed by atoms with E-state index in [1.807, 2.05) is 0 Å². The zero-order chi connectivity index (χ0) is 9.12. The first-order valence-electron chi connectivity index (χ1n) is 3.10.